The van der Waals surface area contributed by atoms with Gasteiger partial charge in [-0.3, -0.25) is 4.79 Å². The van der Waals surface area contributed by atoms with Crippen LogP contribution in [0.25, 0.3) is 0 Å². The summed E-state index contributed by atoms with van der Waals surface area (Å²) in [5.74, 6) is -2.46. The molecule has 1 aliphatic carbocycles. The Bertz CT molecular complexity index is 1300. The number of allylic oxidation sites excluding steroid dienone is 5. The van der Waals surface area contributed by atoms with E-state index in [9.17, 15) is 15.0 Å². The van der Waals surface area contributed by atoms with Crippen molar-refractivity contribution in [3.8, 4) is 0 Å². The zero-order valence-corrected chi connectivity index (χ0v) is 27.1. The fraction of sp³-hybridized carbons (Fsp3) is 0.657. The molecule has 0 aromatic carbocycles. The van der Waals surface area contributed by atoms with Crippen LogP contribution >= 0.6 is 0 Å². The van der Waals surface area contributed by atoms with Crippen LogP contribution in [0.1, 0.15) is 73.6 Å². The third kappa shape index (κ3) is 6.27. The summed E-state index contributed by atoms with van der Waals surface area (Å²) in [6, 6.07) is 0. The van der Waals surface area contributed by atoms with Crippen molar-refractivity contribution >= 4 is 11.7 Å². The highest BCUT2D eigenvalue weighted by molar-refractivity contribution is 5.88. The zero-order chi connectivity index (χ0) is 31.8. The first-order valence-corrected chi connectivity index (χ1v) is 15.9. The summed E-state index contributed by atoms with van der Waals surface area (Å²) in [4.78, 5) is 19.3. The molecule has 0 radical (unpaired) electrons. The van der Waals surface area contributed by atoms with Crippen molar-refractivity contribution in [1.29, 1.82) is 0 Å². The van der Waals surface area contributed by atoms with Crippen molar-refractivity contribution in [2.45, 2.75) is 116 Å². The fourth-order valence-corrected chi connectivity index (χ4v) is 7.48. The Balaban J connectivity index is 1.55. The van der Waals surface area contributed by atoms with Crippen molar-refractivity contribution in [2.24, 2.45) is 22.9 Å². The third-order valence-electron chi connectivity index (χ3n) is 10.0. The van der Waals surface area contributed by atoms with Gasteiger partial charge in [0, 0.05) is 25.2 Å². The van der Waals surface area contributed by atoms with Crippen molar-refractivity contribution in [1.82, 2.24) is 0 Å². The summed E-state index contributed by atoms with van der Waals surface area (Å²) < 4.78 is 25.8. The van der Waals surface area contributed by atoms with Crippen LogP contribution in [0.15, 0.2) is 63.9 Å². The Morgan fingerprint density at radius 1 is 1.20 bits per heavy atom. The van der Waals surface area contributed by atoms with Gasteiger partial charge in [0.25, 0.3) is 0 Å². The number of nitrogens with zero attached hydrogens (tertiary/aromatic N) is 1. The Morgan fingerprint density at radius 3 is 2.70 bits per heavy atom. The molecule has 9 nitrogen and oxygen atoms in total. The summed E-state index contributed by atoms with van der Waals surface area (Å²) in [6.07, 6.45) is 11.3. The maximum Gasteiger partial charge on any atom is 0.316 e. The lowest BCUT2D eigenvalue weighted by molar-refractivity contribution is -0.313. The van der Waals surface area contributed by atoms with Gasteiger partial charge in [0.2, 0.25) is 0 Å². The number of carbonyl (C=O) groups excluding carboxylic acids is 1. The van der Waals surface area contributed by atoms with Gasteiger partial charge in [-0.05, 0) is 63.2 Å². The highest BCUT2D eigenvalue weighted by Gasteiger charge is 2.60. The number of aliphatic hydroxyl groups is 2. The second kappa shape index (κ2) is 13.0. The molecule has 2 bridgehead atoms. The lowest BCUT2D eigenvalue weighted by Gasteiger charge is -2.50. The van der Waals surface area contributed by atoms with Crippen molar-refractivity contribution < 1.29 is 38.8 Å². The van der Waals surface area contributed by atoms with Gasteiger partial charge in [0.1, 0.15) is 36.9 Å². The van der Waals surface area contributed by atoms with Crippen LogP contribution in [0.4, 0.5) is 0 Å². The number of carbonyl (C=O) groups is 1. The minimum atomic E-state index is -1.73. The molecule has 10 atom stereocenters. The number of esters is 1. The van der Waals surface area contributed by atoms with Crippen LogP contribution in [-0.2, 0) is 28.6 Å². The second-order valence-corrected chi connectivity index (χ2v) is 13.4. The van der Waals surface area contributed by atoms with E-state index in [0.717, 1.165) is 17.7 Å². The minimum absolute atomic E-state index is 0.0236. The number of oxime groups is 1. The highest BCUT2D eigenvalue weighted by atomic mass is 16.7. The molecule has 5 rings (SSSR count). The minimum Gasteiger partial charge on any atom is -0.462 e. The van der Waals surface area contributed by atoms with E-state index >= 15 is 0 Å². The summed E-state index contributed by atoms with van der Waals surface area (Å²) >= 11 is 0. The molecular formula is C35H49NO8. The van der Waals surface area contributed by atoms with Gasteiger partial charge in [-0.15, -0.1) is 0 Å². The van der Waals surface area contributed by atoms with Gasteiger partial charge in [0.15, 0.2) is 5.79 Å². The Hall–Kier alpha value is -2.56. The van der Waals surface area contributed by atoms with Gasteiger partial charge in [-0.25, -0.2) is 0 Å². The summed E-state index contributed by atoms with van der Waals surface area (Å²) in [6.45, 7) is 12.2. The van der Waals surface area contributed by atoms with Gasteiger partial charge < -0.3 is 34.0 Å². The first kappa shape index (κ1) is 32.8. The molecule has 242 valence electrons. The average Bonchev–Trinajstić information content (AvgIpc) is 3.31. The molecule has 0 unspecified atom stereocenters. The summed E-state index contributed by atoms with van der Waals surface area (Å²) in [5.41, 5.74) is 2.51. The Labute approximate surface area is 261 Å². The van der Waals surface area contributed by atoms with Crippen molar-refractivity contribution in [2.75, 3.05) is 13.7 Å². The highest BCUT2D eigenvalue weighted by Crippen LogP contribution is 2.47. The van der Waals surface area contributed by atoms with E-state index in [1.54, 1.807) is 13.0 Å². The first-order chi connectivity index (χ1) is 20.9. The van der Waals surface area contributed by atoms with E-state index in [4.69, 9.17) is 23.8 Å². The monoisotopic (exact) mass is 611 g/mol. The number of hydrogen-bond donors (Lipinski definition) is 2. The van der Waals surface area contributed by atoms with E-state index in [0.29, 0.717) is 36.8 Å². The Kier molecular flexibility index (Phi) is 9.73. The molecule has 0 saturated carbocycles. The maximum absolute atomic E-state index is 14.1. The topological polar surface area (TPSA) is 116 Å². The smallest absolute Gasteiger partial charge is 0.316 e. The normalized spacial score (nSPS) is 42.8. The van der Waals surface area contributed by atoms with Crippen LogP contribution in [0.5, 0.6) is 0 Å². The summed E-state index contributed by atoms with van der Waals surface area (Å²) in [7, 11) is 1.54. The number of fused-ring (bicyclic) bond motifs is 2. The lowest BCUT2D eigenvalue weighted by Crippen LogP contribution is -2.59. The molecule has 0 amide bonds. The van der Waals surface area contributed by atoms with Gasteiger partial charge >= 0.3 is 5.97 Å². The number of ether oxygens (including phenoxy) is 4. The second-order valence-electron chi connectivity index (χ2n) is 13.4. The van der Waals surface area contributed by atoms with Crippen LogP contribution in [0.2, 0.25) is 0 Å². The first-order valence-electron chi connectivity index (χ1n) is 15.9. The molecule has 44 heavy (non-hydrogen) atoms. The molecule has 3 fully saturated rings. The van der Waals surface area contributed by atoms with E-state index in [1.807, 2.05) is 32.1 Å². The molecule has 2 N–H and O–H groups in total. The molecule has 1 spiro atoms. The predicted molar refractivity (Wildman–Crippen MR) is 167 cm³/mol. The molecule has 5 aliphatic rings. The molecule has 4 aliphatic heterocycles. The van der Waals surface area contributed by atoms with Gasteiger partial charge in [-0.2, -0.15) is 0 Å². The molecule has 3 saturated heterocycles. The van der Waals surface area contributed by atoms with Crippen LogP contribution in [0, 0.1) is 17.8 Å². The van der Waals surface area contributed by atoms with Crippen molar-refractivity contribution in [3.63, 3.8) is 0 Å². The molecule has 9 heteroatoms. The van der Waals surface area contributed by atoms with E-state index in [1.165, 1.54) is 12.7 Å². The summed E-state index contributed by atoms with van der Waals surface area (Å²) in [5, 5.41) is 27.5. The van der Waals surface area contributed by atoms with Crippen LogP contribution < -0.4 is 0 Å². The quantitative estimate of drug-likeness (QED) is 0.252. The molecule has 0 aromatic heterocycles. The number of rotatable bonds is 2. The Morgan fingerprint density at radius 2 is 1.98 bits per heavy atom. The zero-order valence-electron chi connectivity index (χ0n) is 27.1. The molecular weight excluding hydrogens is 562 g/mol. The SMILES string of the molecule is C/C=C(\C)[C@H]1O[C@]2(C/C(=N\OC)[C@@H]1C)C[C@@H]1C[C@@H](CC=C(C)C[C@@H](C)C=CC=C3CO[C@@H]4[C@H](O)C(C)=C[C@@H](C(=O)O1)[C@]34O)O2. The van der Waals surface area contributed by atoms with Gasteiger partial charge in [-0.1, -0.05) is 61.0 Å². The average molecular weight is 612 g/mol. The third-order valence-corrected chi connectivity index (χ3v) is 10.0. The van der Waals surface area contributed by atoms with E-state index in [-0.39, 0.29) is 30.7 Å². The van der Waals surface area contributed by atoms with Gasteiger partial charge in [0.05, 0.1) is 24.5 Å². The fourth-order valence-electron chi connectivity index (χ4n) is 7.48. The standard InChI is InChI=1S/C35H49NO8/c1-8-22(4)31-24(6)29(36-40-7)18-34(44-31)17-27-16-26(43-34)13-12-21(3)14-20(2)10-9-11-25-19-41-32-30(37)23(5)15-28(33(38)42-27)35(25,32)39/h8-12,15,20,24,26-28,30-32,37,39H,13-14,16-19H2,1-7H3/b10-9?,21-12?,22-8+,25-11?,36-29+/t20-,24-,26+,27-,28-,30+,31+,32+,34-,35+/m0/s1. The lowest BCUT2D eigenvalue weighted by atomic mass is 9.71. The van der Waals surface area contributed by atoms with Crippen molar-refractivity contribution in [3.05, 3.63) is 58.7 Å². The molecule has 4 heterocycles. The largest absolute Gasteiger partial charge is 0.462 e. The molecule has 0 aromatic rings. The van der Waals surface area contributed by atoms with E-state index < -0.39 is 41.6 Å². The number of aliphatic hydroxyl groups excluding tert-OH is 1. The number of hydrogen-bond acceptors (Lipinski definition) is 9. The van der Waals surface area contributed by atoms with Crippen LogP contribution in [0.3, 0.4) is 0 Å². The predicted octanol–water partition coefficient (Wildman–Crippen LogP) is 5.09. The van der Waals surface area contributed by atoms with E-state index in [2.05, 4.69) is 38.1 Å². The van der Waals surface area contributed by atoms with Crippen LogP contribution in [-0.4, -0.2) is 77.5 Å². The maximum atomic E-state index is 14.1.